The molecular formula is C14H12FN3S. The number of aryl methyl sites for hydroxylation is 1. The zero-order valence-electron chi connectivity index (χ0n) is 10.4. The Labute approximate surface area is 113 Å². The average Bonchev–Trinajstić information content (AvgIpc) is 2.86. The van der Waals surface area contributed by atoms with Crippen molar-refractivity contribution in [2.24, 2.45) is 0 Å². The molecular weight excluding hydrogens is 261 g/mol. The van der Waals surface area contributed by atoms with Crippen LogP contribution in [0.5, 0.6) is 0 Å². The lowest BCUT2D eigenvalue weighted by atomic mass is 10.2. The molecule has 0 atom stereocenters. The SMILES string of the molecule is CCc1ccc(-c2nc(N)c3ccc(F)cc3n2)s1. The first-order valence-corrected chi connectivity index (χ1v) is 6.81. The minimum absolute atomic E-state index is 0.322. The van der Waals surface area contributed by atoms with E-state index in [0.29, 0.717) is 22.5 Å². The van der Waals surface area contributed by atoms with Gasteiger partial charge in [-0.1, -0.05) is 6.92 Å². The molecule has 0 radical (unpaired) electrons. The molecule has 5 heteroatoms. The second-order valence-corrected chi connectivity index (χ2v) is 5.38. The van der Waals surface area contributed by atoms with Crippen LogP contribution in [0.3, 0.4) is 0 Å². The Bertz CT molecular complexity index is 752. The van der Waals surface area contributed by atoms with Gasteiger partial charge in [-0.25, -0.2) is 14.4 Å². The molecule has 2 aromatic heterocycles. The van der Waals surface area contributed by atoms with Crippen LogP contribution in [-0.4, -0.2) is 9.97 Å². The minimum Gasteiger partial charge on any atom is -0.383 e. The van der Waals surface area contributed by atoms with Gasteiger partial charge in [0.05, 0.1) is 10.4 Å². The molecule has 0 spiro atoms. The monoisotopic (exact) mass is 273 g/mol. The second-order valence-electron chi connectivity index (χ2n) is 4.21. The third kappa shape index (κ3) is 2.17. The van der Waals surface area contributed by atoms with Crippen LogP contribution in [0.2, 0.25) is 0 Å². The number of hydrogen-bond donors (Lipinski definition) is 1. The molecule has 0 fully saturated rings. The summed E-state index contributed by atoms with van der Waals surface area (Å²) in [5.74, 6) is 0.615. The largest absolute Gasteiger partial charge is 0.383 e. The fraction of sp³-hybridized carbons (Fsp3) is 0.143. The fourth-order valence-electron chi connectivity index (χ4n) is 1.93. The van der Waals surface area contributed by atoms with Crippen LogP contribution >= 0.6 is 11.3 Å². The van der Waals surface area contributed by atoms with Gasteiger partial charge >= 0.3 is 0 Å². The van der Waals surface area contributed by atoms with Crippen molar-refractivity contribution in [2.75, 3.05) is 5.73 Å². The van der Waals surface area contributed by atoms with Crippen LogP contribution in [-0.2, 0) is 6.42 Å². The van der Waals surface area contributed by atoms with Gasteiger partial charge in [0, 0.05) is 16.3 Å². The maximum Gasteiger partial charge on any atom is 0.172 e. The van der Waals surface area contributed by atoms with Crippen molar-refractivity contribution >= 4 is 28.1 Å². The number of hydrogen-bond acceptors (Lipinski definition) is 4. The zero-order chi connectivity index (χ0) is 13.4. The molecule has 0 amide bonds. The molecule has 0 aliphatic carbocycles. The topological polar surface area (TPSA) is 51.8 Å². The van der Waals surface area contributed by atoms with Gasteiger partial charge in [0.25, 0.3) is 0 Å². The Morgan fingerprint density at radius 3 is 2.79 bits per heavy atom. The molecule has 0 saturated carbocycles. The molecule has 96 valence electrons. The Balaban J connectivity index is 2.19. The van der Waals surface area contributed by atoms with E-state index in [1.165, 1.54) is 17.0 Å². The molecule has 0 aliphatic rings. The standard InChI is InChI=1S/C14H12FN3S/c1-2-9-4-6-12(19-9)14-17-11-7-8(15)3-5-10(11)13(16)18-14/h3-7H,2H2,1H3,(H2,16,17,18). The summed E-state index contributed by atoms with van der Waals surface area (Å²) in [5.41, 5.74) is 6.45. The summed E-state index contributed by atoms with van der Waals surface area (Å²) in [6, 6.07) is 8.38. The van der Waals surface area contributed by atoms with Crippen LogP contribution in [0.4, 0.5) is 10.2 Å². The average molecular weight is 273 g/mol. The number of fused-ring (bicyclic) bond motifs is 1. The van der Waals surface area contributed by atoms with Gasteiger partial charge < -0.3 is 5.73 Å². The number of nitrogens with two attached hydrogens (primary N) is 1. The van der Waals surface area contributed by atoms with Crippen molar-refractivity contribution in [3.05, 3.63) is 41.0 Å². The molecule has 2 heterocycles. The van der Waals surface area contributed by atoms with E-state index in [2.05, 4.69) is 23.0 Å². The van der Waals surface area contributed by atoms with Crippen LogP contribution in [0.25, 0.3) is 21.6 Å². The van der Waals surface area contributed by atoms with E-state index in [4.69, 9.17) is 5.73 Å². The molecule has 3 nitrogen and oxygen atoms in total. The quantitative estimate of drug-likeness (QED) is 0.775. The molecule has 0 aliphatic heterocycles. The molecule has 2 N–H and O–H groups in total. The molecule has 0 unspecified atom stereocenters. The van der Waals surface area contributed by atoms with Crippen LogP contribution < -0.4 is 5.73 Å². The highest BCUT2D eigenvalue weighted by Crippen LogP contribution is 2.29. The molecule has 0 bridgehead atoms. The Hall–Kier alpha value is -2.01. The fourth-order valence-corrected chi connectivity index (χ4v) is 2.81. The highest BCUT2D eigenvalue weighted by molar-refractivity contribution is 7.15. The Morgan fingerprint density at radius 2 is 2.05 bits per heavy atom. The van der Waals surface area contributed by atoms with Gasteiger partial charge in [-0.3, -0.25) is 0 Å². The van der Waals surface area contributed by atoms with Crippen molar-refractivity contribution in [3.8, 4) is 10.7 Å². The summed E-state index contributed by atoms with van der Waals surface area (Å²) in [6.45, 7) is 2.10. The molecule has 0 saturated heterocycles. The van der Waals surface area contributed by atoms with Gasteiger partial charge in [0.1, 0.15) is 11.6 Å². The lowest BCUT2D eigenvalue weighted by Gasteiger charge is -2.04. The summed E-state index contributed by atoms with van der Waals surface area (Å²) in [6.07, 6.45) is 0.975. The summed E-state index contributed by atoms with van der Waals surface area (Å²) >= 11 is 1.63. The number of nitrogens with zero attached hydrogens (tertiary/aromatic N) is 2. The van der Waals surface area contributed by atoms with E-state index < -0.39 is 0 Å². The van der Waals surface area contributed by atoms with E-state index in [1.54, 1.807) is 17.4 Å². The van der Waals surface area contributed by atoms with Crippen molar-refractivity contribution < 1.29 is 4.39 Å². The van der Waals surface area contributed by atoms with E-state index in [1.807, 2.05) is 6.07 Å². The number of halogens is 1. The lowest BCUT2D eigenvalue weighted by Crippen LogP contribution is -1.97. The summed E-state index contributed by atoms with van der Waals surface area (Å²) in [7, 11) is 0. The van der Waals surface area contributed by atoms with E-state index in [-0.39, 0.29) is 5.82 Å². The Morgan fingerprint density at radius 1 is 1.21 bits per heavy atom. The molecule has 1 aromatic carbocycles. The first kappa shape index (κ1) is 12.0. The first-order chi connectivity index (χ1) is 9.17. The Kier molecular flexibility index (Phi) is 2.91. The number of aromatic nitrogens is 2. The first-order valence-electron chi connectivity index (χ1n) is 5.99. The summed E-state index contributed by atoms with van der Waals surface area (Å²) in [5, 5.41) is 0.678. The summed E-state index contributed by atoms with van der Waals surface area (Å²) in [4.78, 5) is 10.9. The van der Waals surface area contributed by atoms with Crippen molar-refractivity contribution in [3.63, 3.8) is 0 Å². The number of nitrogen functional groups attached to an aromatic ring is 1. The maximum atomic E-state index is 13.3. The van der Waals surface area contributed by atoms with Crippen molar-refractivity contribution in [2.45, 2.75) is 13.3 Å². The third-order valence-electron chi connectivity index (χ3n) is 2.92. The minimum atomic E-state index is -0.322. The third-order valence-corrected chi connectivity index (χ3v) is 4.14. The van der Waals surface area contributed by atoms with E-state index in [0.717, 1.165) is 11.3 Å². The van der Waals surface area contributed by atoms with Gasteiger partial charge in [-0.2, -0.15) is 0 Å². The van der Waals surface area contributed by atoms with Gasteiger partial charge in [0.15, 0.2) is 5.82 Å². The van der Waals surface area contributed by atoms with Crippen LogP contribution in [0, 0.1) is 5.82 Å². The number of thiophene rings is 1. The van der Waals surface area contributed by atoms with Crippen LogP contribution in [0.1, 0.15) is 11.8 Å². The number of rotatable bonds is 2. The predicted octanol–water partition coefficient (Wildman–Crippen LogP) is 3.64. The normalized spacial score (nSPS) is 11.1. The lowest BCUT2D eigenvalue weighted by molar-refractivity contribution is 0.629. The van der Waals surface area contributed by atoms with Gasteiger partial charge in [-0.15, -0.1) is 11.3 Å². The molecule has 3 aromatic rings. The molecule has 3 rings (SSSR count). The van der Waals surface area contributed by atoms with Gasteiger partial charge in [-0.05, 0) is 30.7 Å². The highest BCUT2D eigenvalue weighted by Gasteiger charge is 2.10. The van der Waals surface area contributed by atoms with Gasteiger partial charge in [0.2, 0.25) is 0 Å². The van der Waals surface area contributed by atoms with Crippen molar-refractivity contribution in [1.29, 1.82) is 0 Å². The zero-order valence-corrected chi connectivity index (χ0v) is 11.2. The van der Waals surface area contributed by atoms with E-state index >= 15 is 0 Å². The maximum absolute atomic E-state index is 13.3. The molecule has 19 heavy (non-hydrogen) atoms. The predicted molar refractivity (Wildman–Crippen MR) is 76.6 cm³/mol. The summed E-state index contributed by atoms with van der Waals surface area (Å²) < 4.78 is 13.3. The number of benzene rings is 1. The van der Waals surface area contributed by atoms with Crippen molar-refractivity contribution in [1.82, 2.24) is 9.97 Å². The number of anilines is 1. The smallest absolute Gasteiger partial charge is 0.172 e. The second kappa shape index (κ2) is 4.59. The van der Waals surface area contributed by atoms with E-state index in [9.17, 15) is 4.39 Å². The highest BCUT2D eigenvalue weighted by atomic mass is 32.1. The van der Waals surface area contributed by atoms with Crippen LogP contribution in [0.15, 0.2) is 30.3 Å².